The monoisotopic (exact) mass is 1070 g/mol. The van der Waals surface area contributed by atoms with Crippen molar-refractivity contribution in [1.29, 1.82) is 0 Å². The minimum absolute atomic E-state index is 0.00196. The summed E-state index contributed by atoms with van der Waals surface area (Å²) in [6, 6.07) is 0. The third-order valence-corrected chi connectivity index (χ3v) is 13.1. The first-order chi connectivity index (χ1) is 35.0. The number of carbonyl (C=O) groups is 4. The number of nitrogens with zero attached hydrogens (tertiary/aromatic N) is 8. The number of phosphoric ester groups is 2. The van der Waals surface area contributed by atoms with Crippen molar-refractivity contribution in [3.63, 3.8) is 0 Å². The number of H-pyrrole nitrogens is 1. The zero-order valence-corrected chi connectivity index (χ0v) is 40.0. The lowest BCUT2D eigenvalue weighted by Gasteiger charge is -2.27. The number of nitrogens with two attached hydrogens (primary N) is 1. The summed E-state index contributed by atoms with van der Waals surface area (Å²) in [5, 5.41) is 28.0. The third kappa shape index (κ3) is 13.2. The predicted octanol–water partition coefficient (Wildman–Crippen LogP) is -3.10. The SMILES string of the molecule is Nc1nc2c(ncn2[C@@H]2O[C@@H]3COP(=O)(O)OC4[C@@H](COP(=O)(O)OC3[C@@H]2O)O[C@@H](n2cnc3c(NC(=O)CCOCCOCCOCCOCCNC(=O)CCN5C(=O)C=CC5=O)ncnc32)[C@H]4O)c(=O)[nH]1. The number of imide groups is 1. The number of hydrogen-bond acceptors (Lipinski definition) is 25. The molecule has 0 aliphatic carbocycles. The highest BCUT2D eigenvalue weighted by Gasteiger charge is 2.54. The molecule has 4 aliphatic heterocycles. The summed E-state index contributed by atoms with van der Waals surface area (Å²) in [5.41, 5.74) is 4.71. The zero-order valence-electron chi connectivity index (χ0n) is 38.2. The van der Waals surface area contributed by atoms with Gasteiger partial charge >= 0.3 is 15.6 Å². The van der Waals surface area contributed by atoms with Crippen LogP contribution in [0.3, 0.4) is 0 Å². The second-order valence-corrected chi connectivity index (χ2v) is 18.9. The van der Waals surface area contributed by atoms with Crippen molar-refractivity contribution >= 4 is 73.4 Å². The summed E-state index contributed by atoms with van der Waals surface area (Å²) in [4.78, 5) is 106. The highest BCUT2D eigenvalue weighted by Crippen LogP contribution is 2.53. The van der Waals surface area contributed by atoms with Gasteiger partial charge in [-0.2, -0.15) is 4.98 Å². The number of rotatable bonds is 21. The largest absolute Gasteiger partial charge is 0.472 e. The lowest BCUT2D eigenvalue weighted by Crippen LogP contribution is -2.39. The molecule has 9 N–H and O–H groups in total. The van der Waals surface area contributed by atoms with Crippen LogP contribution < -0.4 is 21.9 Å². The van der Waals surface area contributed by atoms with Crippen molar-refractivity contribution in [2.45, 2.75) is 61.9 Å². The van der Waals surface area contributed by atoms with Gasteiger partial charge < -0.3 is 64.8 Å². The Bertz CT molecular complexity index is 2810. The zero-order chi connectivity index (χ0) is 51.9. The molecule has 4 unspecified atom stereocenters. The molecule has 0 bridgehead atoms. The fourth-order valence-electron chi connectivity index (χ4n) is 7.73. The van der Waals surface area contributed by atoms with Gasteiger partial charge in [-0.25, -0.2) is 29.1 Å². The van der Waals surface area contributed by atoms with Crippen molar-refractivity contribution in [2.24, 2.45) is 0 Å². The normalized spacial score (nSPS) is 28.6. The third-order valence-electron chi connectivity index (χ3n) is 11.2. The van der Waals surface area contributed by atoms with Gasteiger partial charge in [-0.15, -0.1) is 0 Å². The molecule has 4 amide bonds. The maximum atomic E-state index is 13.4. The number of ether oxygens (including phenoxy) is 6. The lowest BCUT2D eigenvalue weighted by atomic mass is 10.1. The molecule has 0 spiro atoms. The number of imidazole rings is 2. The maximum absolute atomic E-state index is 13.4. The molecule has 0 saturated carbocycles. The molecule has 3 saturated heterocycles. The molecule has 8 heterocycles. The molecule has 0 aromatic carbocycles. The smallest absolute Gasteiger partial charge is 0.386 e. The molecule has 4 aromatic heterocycles. The van der Waals surface area contributed by atoms with Crippen LogP contribution in [0.5, 0.6) is 0 Å². The van der Waals surface area contributed by atoms with Gasteiger partial charge in [0, 0.05) is 31.7 Å². The number of fused-ring (bicyclic) bond motifs is 4. The summed E-state index contributed by atoms with van der Waals surface area (Å²) in [5.74, 6) is -2.02. The molecular weight excluding hydrogens is 1020 g/mol. The first-order valence-electron chi connectivity index (χ1n) is 22.3. The Morgan fingerprint density at radius 2 is 1.26 bits per heavy atom. The predicted molar refractivity (Wildman–Crippen MR) is 239 cm³/mol. The van der Waals surface area contributed by atoms with Gasteiger partial charge in [0.15, 0.2) is 40.6 Å². The molecule has 4 aromatic rings. The summed E-state index contributed by atoms with van der Waals surface area (Å²) in [7, 11) is -10.3. The number of amides is 4. The number of aromatic amines is 1. The minimum Gasteiger partial charge on any atom is -0.386 e. The fraction of sp³-hybridized carbons (Fsp3) is 0.579. The second-order valence-electron chi connectivity index (χ2n) is 16.1. The first-order valence-corrected chi connectivity index (χ1v) is 25.3. The molecule has 3 fully saturated rings. The number of aliphatic hydroxyl groups excluding tert-OH is 2. The van der Waals surface area contributed by atoms with E-state index < -0.39 is 101 Å². The number of anilines is 2. The van der Waals surface area contributed by atoms with E-state index >= 15 is 0 Å². The molecule has 4 aliphatic rings. The topological polar surface area (TPSA) is 436 Å². The van der Waals surface area contributed by atoms with Gasteiger partial charge in [-0.3, -0.25) is 61.1 Å². The number of aliphatic hydroxyl groups is 2. The highest BCUT2D eigenvalue weighted by molar-refractivity contribution is 7.47. The van der Waals surface area contributed by atoms with Crippen LogP contribution in [0.1, 0.15) is 25.3 Å². The van der Waals surface area contributed by atoms with Crippen LogP contribution in [0.15, 0.2) is 35.9 Å². The Hall–Kier alpha value is -5.58. The molecule has 33 nitrogen and oxygen atoms in total. The summed E-state index contributed by atoms with van der Waals surface area (Å²) < 4.78 is 83.7. The van der Waals surface area contributed by atoms with Crippen molar-refractivity contribution in [3.05, 3.63) is 41.5 Å². The van der Waals surface area contributed by atoms with Gasteiger partial charge in [0.25, 0.3) is 17.4 Å². The van der Waals surface area contributed by atoms with E-state index in [1.54, 1.807) is 0 Å². The quantitative estimate of drug-likeness (QED) is 0.0233. The number of phosphoric acid groups is 2. The maximum Gasteiger partial charge on any atom is 0.472 e. The molecule has 0 radical (unpaired) electrons. The van der Waals surface area contributed by atoms with Gasteiger partial charge in [0.05, 0.1) is 85.1 Å². The van der Waals surface area contributed by atoms with Gasteiger partial charge in [-0.05, 0) is 0 Å². The van der Waals surface area contributed by atoms with E-state index in [1.165, 1.54) is 10.9 Å². The first kappa shape index (κ1) is 53.7. The number of aromatic nitrogens is 8. The van der Waals surface area contributed by atoms with Crippen LogP contribution in [-0.4, -0.2) is 203 Å². The van der Waals surface area contributed by atoms with E-state index in [0.717, 1.165) is 34.3 Å². The van der Waals surface area contributed by atoms with Crippen LogP contribution in [0, 0.1) is 0 Å². The van der Waals surface area contributed by atoms with E-state index in [-0.39, 0.29) is 119 Å². The Balaban J connectivity index is 0.752. The molecule has 10 atom stereocenters. The molecule has 398 valence electrons. The van der Waals surface area contributed by atoms with Gasteiger partial charge in [-0.1, -0.05) is 0 Å². The van der Waals surface area contributed by atoms with Crippen LogP contribution in [0.4, 0.5) is 11.8 Å². The second kappa shape index (κ2) is 23.7. The Labute approximate surface area is 410 Å². The van der Waals surface area contributed by atoms with Crippen molar-refractivity contribution in [1.82, 2.24) is 49.3 Å². The standard InChI is InChI=1S/C38H50N12O21P2/c39-38-46-34-27(35(57)47-38)44-19-50(34)37-29(56)31-21(69-37)16-67-72(58,59)70-30-20(15-66-73(60,61)71-31)68-36(28(30)55)49-18-43-26-32(41-17-42-33(26)49)45-23(52)4-7-62-9-11-64-13-14-65-12-10-63-8-5-40-22(51)3-6-48-24(53)1-2-25(48)54/h1-2,17-21,28-31,36-37,55-56H,3-16H2,(H,40,51)(H,58,59)(H,60,61)(H3,39,46,47,57)(H,41,42,45,52)/t20-,21-,28+,29+,30?,31?,36-,37-/m1/s1. The molecular formula is C38H50N12O21P2. The number of nitrogens with one attached hydrogen (secondary N) is 3. The molecule has 73 heavy (non-hydrogen) atoms. The summed E-state index contributed by atoms with van der Waals surface area (Å²) in [6.45, 7) is 0.248. The van der Waals surface area contributed by atoms with Crippen molar-refractivity contribution in [2.75, 3.05) is 90.2 Å². The number of nitrogen functional groups attached to an aromatic ring is 1. The van der Waals surface area contributed by atoms with E-state index in [2.05, 4.69) is 40.5 Å². The van der Waals surface area contributed by atoms with Crippen LogP contribution in [-0.2, 0) is 74.8 Å². The number of hydrogen-bond donors (Lipinski definition) is 8. The van der Waals surface area contributed by atoms with Crippen molar-refractivity contribution in [3.8, 4) is 0 Å². The molecule has 35 heteroatoms. The Kier molecular flexibility index (Phi) is 17.5. The van der Waals surface area contributed by atoms with E-state index in [1.807, 2.05) is 0 Å². The van der Waals surface area contributed by atoms with Crippen molar-refractivity contribution < 1.29 is 94.8 Å². The highest BCUT2D eigenvalue weighted by atomic mass is 31.2. The van der Waals surface area contributed by atoms with E-state index in [9.17, 15) is 53.1 Å². The minimum atomic E-state index is -5.17. The van der Waals surface area contributed by atoms with E-state index in [0.29, 0.717) is 0 Å². The lowest BCUT2D eigenvalue weighted by molar-refractivity contribution is -0.137. The number of carbonyl (C=O) groups excluding carboxylic acids is 4. The summed E-state index contributed by atoms with van der Waals surface area (Å²) in [6.07, 6.45) is -7.73. The Morgan fingerprint density at radius 3 is 1.85 bits per heavy atom. The van der Waals surface area contributed by atoms with Crippen LogP contribution in [0.2, 0.25) is 0 Å². The van der Waals surface area contributed by atoms with Crippen LogP contribution >= 0.6 is 15.6 Å². The van der Waals surface area contributed by atoms with E-state index in [4.69, 9.17) is 52.2 Å². The summed E-state index contributed by atoms with van der Waals surface area (Å²) >= 11 is 0. The average molecular weight is 1070 g/mol. The van der Waals surface area contributed by atoms with Gasteiger partial charge in [0.1, 0.15) is 43.0 Å². The average Bonchev–Trinajstić information content (AvgIpc) is 4.16. The van der Waals surface area contributed by atoms with Crippen LogP contribution in [0.25, 0.3) is 22.3 Å². The molecule has 8 rings (SSSR count). The Morgan fingerprint density at radius 1 is 0.726 bits per heavy atom. The van der Waals surface area contributed by atoms with Gasteiger partial charge in [0.2, 0.25) is 17.8 Å². The fourth-order valence-corrected chi connectivity index (χ4v) is 9.66.